The van der Waals surface area contributed by atoms with Crippen molar-refractivity contribution in [2.75, 3.05) is 146 Å². The Morgan fingerprint density at radius 1 is 0.500 bits per heavy atom. The van der Waals surface area contributed by atoms with Crippen molar-refractivity contribution >= 4 is 45.9 Å². The molecule has 12 aromatic rings. The van der Waals surface area contributed by atoms with E-state index in [-0.39, 0.29) is 28.8 Å². The fourth-order valence-corrected chi connectivity index (χ4v) is 17.8. The Kier molecular flexibility index (Phi) is 21.5. The van der Waals surface area contributed by atoms with Gasteiger partial charge in [0.1, 0.15) is 83.8 Å². The van der Waals surface area contributed by atoms with Gasteiger partial charge in [0.15, 0.2) is 22.6 Å². The summed E-state index contributed by atoms with van der Waals surface area (Å²) in [7, 11) is 0. The zero-order chi connectivity index (χ0) is 79.2. The molecular weight excluding hydrogens is 1470 g/mol. The number of nitrogens with one attached hydrogen (secondary N) is 4. The molecule has 4 aromatic carbocycles. The minimum absolute atomic E-state index is 0.0802. The summed E-state index contributed by atoms with van der Waals surface area (Å²) in [6.45, 7) is 34.7. The number of anilines is 4. The average molecular weight is 1570 g/mol. The second-order valence-electron chi connectivity index (χ2n) is 33.5. The molecule has 16 heterocycles. The summed E-state index contributed by atoms with van der Waals surface area (Å²) in [5.41, 5.74) is 12.2. The highest BCUT2D eigenvalue weighted by atomic mass is 19.1. The number of imidazole rings is 1. The lowest BCUT2D eigenvalue weighted by atomic mass is 9.95. The molecule has 0 amide bonds. The van der Waals surface area contributed by atoms with Gasteiger partial charge in [-0.2, -0.15) is 15.3 Å². The third-order valence-electron chi connectivity index (χ3n) is 24.3. The summed E-state index contributed by atoms with van der Waals surface area (Å²) >= 11 is 0. The SMILES string of the molecule is C=CCN1C[C@H]2COc3ccc(C)c(c3)-c3cnn4ccc(nc34)NCCN2CC1(C)C.Cc1ccc2cc1-c1cnn3ccc(nc13)NCCN1CC(C)(C)N(C3CC3)C[C@H]1CO2.Fc1ccc2cc1-c1cnc3ccc(nn13)NCCN1CCCC[C@H](C1)O2.Fc1ccc2cc1-c1cnn3ccc(nc13)N[C@@H]1CCN(CCO2)C1. The number of halogens is 2. The van der Waals surface area contributed by atoms with E-state index in [0.29, 0.717) is 83.1 Å². The van der Waals surface area contributed by atoms with Crippen LogP contribution in [0.5, 0.6) is 23.0 Å². The van der Waals surface area contributed by atoms with Crippen LogP contribution in [0.4, 0.5) is 32.1 Å². The van der Waals surface area contributed by atoms with Crippen molar-refractivity contribution in [1.82, 2.24) is 87.8 Å². The lowest BCUT2D eigenvalue weighted by molar-refractivity contribution is -0.0341. The maximum absolute atomic E-state index is 14.6. The lowest BCUT2D eigenvalue weighted by Crippen LogP contribution is -2.65. The van der Waals surface area contributed by atoms with E-state index >= 15 is 0 Å². The molecule has 21 rings (SSSR count). The van der Waals surface area contributed by atoms with Crippen LogP contribution in [0.15, 0.2) is 159 Å². The van der Waals surface area contributed by atoms with E-state index in [1.165, 1.54) is 42.5 Å². The van der Waals surface area contributed by atoms with Crippen LogP contribution >= 0.6 is 0 Å². The molecule has 9 aliphatic rings. The number of hydrogen-bond acceptors (Lipinski definition) is 22. The Balaban J connectivity index is 0.000000108. The zero-order valence-electron chi connectivity index (χ0n) is 67.1. The lowest BCUT2D eigenvalue weighted by Gasteiger charge is -2.51. The van der Waals surface area contributed by atoms with Gasteiger partial charge in [-0.3, -0.25) is 29.4 Å². The van der Waals surface area contributed by atoms with Crippen LogP contribution in [0.25, 0.3) is 67.2 Å². The van der Waals surface area contributed by atoms with E-state index in [4.69, 9.17) is 28.9 Å². The first-order valence-electron chi connectivity index (χ1n) is 41.2. The minimum atomic E-state index is -0.307. The second-order valence-corrected chi connectivity index (χ2v) is 33.5. The van der Waals surface area contributed by atoms with E-state index in [1.807, 2.05) is 76.4 Å². The second kappa shape index (κ2) is 32.7. The van der Waals surface area contributed by atoms with Crippen molar-refractivity contribution in [1.29, 1.82) is 0 Å². The normalized spacial score (nSPS) is 22.6. The molecule has 5 fully saturated rings. The first kappa shape index (κ1) is 76.4. The summed E-state index contributed by atoms with van der Waals surface area (Å²) in [5.74, 6) is 5.88. The number of rotatable bonds is 3. The monoisotopic (exact) mass is 1570 g/mol. The molecule has 116 heavy (non-hydrogen) atoms. The van der Waals surface area contributed by atoms with Crippen molar-refractivity contribution in [3.05, 3.63) is 182 Å². The van der Waals surface area contributed by atoms with Gasteiger partial charge in [-0.05, 0) is 200 Å². The molecule has 1 aliphatic carbocycles. The predicted octanol–water partition coefficient (Wildman–Crippen LogP) is 12.5. The van der Waals surface area contributed by atoms with Crippen molar-refractivity contribution < 1.29 is 27.7 Å². The van der Waals surface area contributed by atoms with Gasteiger partial charge in [0.05, 0.1) is 42.6 Å². The van der Waals surface area contributed by atoms with Gasteiger partial charge in [-0.1, -0.05) is 18.2 Å². The van der Waals surface area contributed by atoms with Crippen molar-refractivity contribution in [3.8, 4) is 67.6 Å². The van der Waals surface area contributed by atoms with E-state index in [0.717, 1.165) is 198 Å². The minimum Gasteiger partial charge on any atom is -0.492 e. The summed E-state index contributed by atoms with van der Waals surface area (Å²) in [5, 5.41) is 31.9. The molecule has 4 saturated heterocycles. The topological polar surface area (TPSA) is 225 Å². The Bertz CT molecular complexity index is 5540. The fourth-order valence-electron chi connectivity index (χ4n) is 17.8. The van der Waals surface area contributed by atoms with E-state index < -0.39 is 0 Å². The molecule has 28 heteroatoms. The Labute approximate surface area is 674 Å². The summed E-state index contributed by atoms with van der Waals surface area (Å²) < 4.78 is 61.0. The number of fused-ring (bicyclic) bond motifs is 22. The molecule has 604 valence electrons. The highest BCUT2D eigenvalue weighted by molar-refractivity contribution is 5.82. The fraction of sp³-hybridized carbons (Fsp3) is 0.432. The van der Waals surface area contributed by atoms with Gasteiger partial charge in [0.2, 0.25) is 0 Å². The predicted molar refractivity (Wildman–Crippen MR) is 449 cm³/mol. The highest BCUT2D eigenvalue weighted by Gasteiger charge is 2.46. The number of hydrogen-bond donors (Lipinski definition) is 4. The molecule has 4 N–H and O–H groups in total. The zero-order valence-corrected chi connectivity index (χ0v) is 67.1. The van der Waals surface area contributed by atoms with Crippen molar-refractivity contribution in [2.24, 2.45) is 0 Å². The van der Waals surface area contributed by atoms with Crippen molar-refractivity contribution in [3.63, 3.8) is 0 Å². The summed E-state index contributed by atoms with van der Waals surface area (Å²) in [6.07, 6.45) is 22.1. The quantitative estimate of drug-likeness (QED) is 0.121. The molecule has 20 bridgehead atoms. The third kappa shape index (κ3) is 16.5. The molecule has 8 aliphatic heterocycles. The maximum Gasteiger partial charge on any atom is 0.165 e. The molecule has 1 saturated carbocycles. The number of nitrogens with zero attached hydrogens (tertiary/aromatic N) is 18. The Hall–Kier alpha value is -10.9. The van der Waals surface area contributed by atoms with Gasteiger partial charge >= 0.3 is 0 Å². The first-order valence-corrected chi connectivity index (χ1v) is 41.2. The number of ether oxygens (including phenoxy) is 4. The van der Waals surface area contributed by atoms with Crippen LogP contribution in [0.3, 0.4) is 0 Å². The number of benzene rings is 4. The number of aryl methyl sites for hydroxylation is 2. The van der Waals surface area contributed by atoms with E-state index in [9.17, 15) is 8.78 Å². The van der Waals surface area contributed by atoms with Gasteiger partial charge in [0, 0.05) is 168 Å². The van der Waals surface area contributed by atoms with Crippen LogP contribution in [-0.2, 0) is 0 Å². The molecule has 26 nitrogen and oxygen atoms in total. The molecule has 6 atom stereocenters. The average Bonchev–Trinajstić information content (AvgIpc) is 1.85. The van der Waals surface area contributed by atoms with Gasteiger partial charge in [0.25, 0.3) is 0 Å². The third-order valence-corrected chi connectivity index (χ3v) is 24.3. The Morgan fingerprint density at radius 2 is 1.06 bits per heavy atom. The standard InChI is InChI=1S/2C25H32N6O.C20H22FN5O.C18H18FN5O/c1-17-4-7-20-12-21(17)22-13-27-31-10-8-23(28-24(22)31)26-9-11-29-16-25(2,3)30(18-5-6-18)14-19(29)15-32-20;1-5-10-30-15-19-16-32-20-7-6-18(2)21(13-20)22-14-27-31-11-8-23(28-24(22)31)26-9-12-29(19)17-25(30,3)4;21-17-5-4-14-11-16(17)18-12-23-20-7-6-19(24-26(18)20)22-8-10-25-9-2-1-3-15(13-25)27-14;19-16-2-1-13-9-14(16)15-10-20-24-6-4-17(22-18(15)24)21-12-3-5-23(11-12)7-8-25-13/h4,7-8,10,12-13,18-19H,5-6,9,11,14-16H2,1-3H3,(H,26,28);5-8,11,13-14,19H,1,9-10,12,15-17H2,2-4H3,(H,26,28);4-7,11-12,15H,1-3,8-10,13H2,(H,22,24);1-2,4,6,9-10,12H,3,5,7-8,11H2,(H,21,22)/t2*19-;15-;12-/m0011/s1. The van der Waals surface area contributed by atoms with E-state index in [2.05, 4.69) is 166 Å². The van der Waals surface area contributed by atoms with Crippen LogP contribution in [0.1, 0.15) is 77.3 Å². The Morgan fingerprint density at radius 3 is 1.72 bits per heavy atom. The number of aromatic nitrogens is 12. The van der Waals surface area contributed by atoms with E-state index in [1.54, 1.807) is 45.7 Å². The van der Waals surface area contributed by atoms with Crippen LogP contribution < -0.4 is 40.2 Å². The van der Waals surface area contributed by atoms with Gasteiger partial charge in [-0.15, -0.1) is 11.7 Å². The van der Waals surface area contributed by atoms with Crippen LogP contribution in [-0.4, -0.2) is 254 Å². The summed E-state index contributed by atoms with van der Waals surface area (Å²) in [6, 6.07) is 34.0. The molecule has 2 unspecified atom stereocenters. The largest absolute Gasteiger partial charge is 0.492 e. The van der Waals surface area contributed by atoms with Crippen LogP contribution in [0.2, 0.25) is 0 Å². The van der Waals surface area contributed by atoms with Crippen LogP contribution in [0, 0.1) is 25.5 Å². The molecular formula is C88H104F2N22O4. The van der Waals surface area contributed by atoms with Gasteiger partial charge < -0.3 is 40.2 Å². The molecule has 0 spiro atoms. The highest BCUT2D eigenvalue weighted by Crippen LogP contribution is 2.40. The molecule has 0 radical (unpaired) electrons. The maximum atomic E-state index is 14.6. The summed E-state index contributed by atoms with van der Waals surface area (Å²) in [4.78, 5) is 34.0. The van der Waals surface area contributed by atoms with Gasteiger partial charge in [-0.25, -0.2) is 46.8 Å². The molecule has 8 aromatic heterocycles. The number of piperazine rings is 2. The van der Waals surface area contributed by atoms with Crippen molar-refractivity contribution in [2.45, 2.75) is 121 Å². The smallest absolute Gasteiger partial charge is 0.165 e. The first-order chi connectivity index (χ1) is 56.4.